The highest BCUT2D eigenvalue weighted by molar-refractivity contribution is 5.88. The van der Waals surface area contributed by atoms with E-state index < -0.39 is 0 Å². The van der Waals surface area contributed by atoms with Crippen molar-refractivity contribution >= 4 is 17.6 Å². The van der Waals surface area contributed by atoms with E-state index in [1.165, 1.54) is 18.3 Å². The Morgan fingerprint density at radius 3 is 2.45 bits per heavy atom. The van der Waals surface area contributed by atoms with Gasteiger partial charge in [0.25, 0.3) is 0 Å². The highest BCUT2D eigenvalue weighted by atomic mass is 19.1. The zero-order valence-corrected chi connectivity index (χ0v) is 16.4. The van der Waals surface area contributed by atoms with Crippen molar-refractivity contribution in [3.63, 3.8) is 0 Å². The monoisotopic (exact) mass is 393 g/mol. The summed E-state index contributed by atoms with van der Waals surface area (Å²) in [5, 5.41) is 10.9. The van der Waals surface area contributed by atoms with E-state index in [9.17, 15) is 4.39 Å². The van der Waals surface area contributed by atoms with Gasteiger partial charge in [0.05, 0.1) is 7.11 Å². The topological polar surface area (TPSA) is 80.4 Å². The fraction of sp³-hybridized carbons (Fsp3) is 0.174. The van der Waals surface area contributed by atoms with Crippen molar-refractivity contribution in [1.29, 1.82) is 5.41 Å². The van der Waals surface area contributed by atoms with Gasteiger partial charge in [-0.05, 0) is 67.1 Å². The third-order valence-corrected chi connectivity index (χ3v) is 4.46. The molecule has 3 rings (SSSR count). The lowest BCUT2D eigenvalue weighted by atomic mass is 10.0. The van der Waals surface area contributed by atoms with Crippen molar-refractivity contribution in [3.8, 4) is 11.5 Å². The van der Waals surface area contributed by atoms with Gasteiger partial charge in [-0.3, -0.25) is 0 Å². The van der Waals surface area contributed by atoms with Crippen LogP contribution in [0, 0.1) is 11.2 Å². The summed E-state index contributed by atoms with van der Waals surface area (Å²) in [7, 11) is 1.62. The average Bonchev–Trinajstić information content (AvgIpc) is 2.74. The molecule has 0 heterocycles. The Labute approximate surface area is 169 Å². The summed E-state index contributed by atoms with van der Waals surface area (Å²) in [6.07, 6.45) is 0.866. The molecule has 0 spiro atoms. The first-order valence-electron chi connectivity index (χ1n) is 9.23. The molecular weight excluding hydrogens is 369 g/mol. The molecule has 6 heteroatoms. The van der Waals surface area contributed by atoms with Gasteiger partial charge in [0.15, 0.2) is 0 Å². The van der Waals surface area contributed by atoms with E-state index in [0.717, 1.165) is 22.7 Å². The molecule has 2 unspecified atom stereocenters. The molecule has 0 saturated carbocycles. The molecule has 0 aromatic heterocycles. The molecule has 150 valence electrons. The Morgan fingerprint density at radius 1 is 1.03 bits per heavy atom. The fourth-order valence-electron chi connectivity index (χ4n) is 2.98. The molecule has 4 N–H and O–H groups in total. The first-order chi connectivity index (χ1) is 14.0. The normalized spacial score (nSPS) is 12.7. The number of halogens is 1. The molecule has 29 heavy (non-hydrogen) atoms. The summed E-state index contributed by atoms with van der Waals surface area (Å²) in [5.74, 6) is 1.03. The number of hydrogen-bond acceptors (Lipinski definition) is 5. The lowest BCUT2D eigenvalue weighted by Crippen LogP contribution is -2.29. The summed E-state index contributed by atoms with van der Waals surface area (Å²) >= 11 is 0. The third-order valence-electron chi connectivity index (χ3n) is 4.46. The fourth-order valence-corrected chi connectivity index (χ4v) is 2.98. The maximum absolute atomic E-state index is 13.1. The molecule has 3 aromatic rings. The van der Waals surface area contributed by atoms with Crippen LogP contribution in [0.25, 0.3) is 0 Å². The molecule has 0 radical (unpaired) electrons. The number of hydrogen-bond donors (Lipinski definition) is 3. The van der Waals surface area contributed by atoms with E-state index in [0.29, 0.717) is 11.3 Å². The molecule has 3 aromatic carbocycles. The van der Waals surface area contributed by atoms with Gasteiger partial charge in [0.2, 0.25) is 0 Å². The van der Waals surface area contributed by atoms with E-state index in [1.807, 2.05) is 43.3 Å². The molecule has 0 amide bonds. The quantitative estimate of drug-likeness (QED) is 0.468. The third kappa shape index (κ3) is 5.12. The van der Waals surface area contributed by atoms with Gasteiger partial charge in [-0.15, -0.1) is 0 Å². The Bertz CT molecular complexity index is 974. The lowest BCUT2D eigenvalue weighted by molar-refractivity contribution is 0.180. The molecule has 0 bridgehead atoms. The van der Waals surface area contributed by atoms with Gasteiger partial charge < -0.3 is 25.9 Å². The number of benzene rings is 3. The summed E-state index contributed by atoms with van der Waals surface area (Å²) in [4.78, 5) is 0. The van der Waals surface area contributed by atoms with Crippen LogP contribution >= 0.6 is 0 Å². The number of nitrogens with two attached hydrogens (primary N) is 1. The minimum atomic E-state index is -0.375. The molecular formula is C23H24FN3O2. The minimum Gasteiger partial charge on any atom is -0.497 e. The van der Waals surface area contributed by atoms with Crippen molar-refractivity contribution in [2.45, 2.75) is 19.1 Å². The van der Waals surface area contributed by atoms with Crippen LogP contribution < -0.4 is 20.5 Å². The lowest BCUT2D eigenvalue weighted by Gasteiger charge is -2.24. The SMILES string of the molecule is COc1cccc(C(Oc2ccc(Nc3ccc(F)cc3)c(C=N)c2)C(C)N)c1. The van der Waals surface area contributed by atoms with Gasteiger partial charge >= 0.3 is 0 Å². The standard InChI is InChI=1S/C23H24FN3O2/c1-15(26)23(16-4-3-5-20(12-16)28-2)29-21-10-11-22(17(13-21)14-25)27-19-8-6-18(24)7-9-19/h3-15,23,25,27H,26H2,1-2H3. The average molecular weight is 393 g/mol. The van der Waals surface area contributed by atoms with E-state index in [2.05, 4.69) is 5.32 Å². The van der Waals surface area contributed by atoms with E-state index in [1.54, 1.807) is 25.3 Å². The van der Waals surface area contributed by atoms with Crippen LogP contribution in [-0.2, 0) is 0 Å². The van der Waals surface area contributed by atoms with Crippen molar-refractivity contribution in [3.05, 3.63) is 83.7 Å². The second-order valence-electron chi connectivity index (χ2n) is 6.70. The molecule has 5 nitrogen and oxygen atoms in total. The highest BCUT2D eigenvalue weighted by Gasteiger charge is 2.19. The molecule has 0 fully saturated rings. The maximum Gasteiger partial charge on any atom is 0.139 e. The number of methoxy groups -OCH3 is 1. The minimum absolute atomic E-state index is 0.262. The molecule has 0 aliphatic rings. The molecule has 0 aliphatic heterocycles. The Morgan fingerprint density at radius 2 is 1.79 bits per heavy atom. The first kappa shape index (κ1) is 20.4. The van der Waals surface area contributed by atoms with Crippen molar-refractivity contribution in [2.75, 3.05) is 12.4 Å². The highest BCUT2D eigenvalue weighted by Crippen LogP contribution is 2.30. The van der Waals surface area contributed by atoms with E-state index >= 15 is 0 Å². The number of rotatable bonds is 8. The van der Waals surface area contributed by atoms with Crippen LogP contribution in [0.1, 0.15) is 24.2 Å². The van der Waals surface area contributed by atoms with Crippen LogP contribution in [0.5, 0.6) is 11.5 Å². The Kier molecular flexibility index (Phi) is 6.46. The van der Waals surface area contributed by atoms with Crippen LogP contribution in [0.2, 0.25) is 0 Å². The smallest absolute Gasteiger partial charge is 0.139 e. The van der Waals surface area contributed by atoms with Crippen LogP contribution in [0.15, 0.2) is 66.7 Å². The Balaban J connectivity index is 1.84. The second kappa shape index (κ2) is 9.21. The van der Waals surface area contributed by atoms with Crippen molar-refractivity contribution < 1.29 is 13.9 Å². The van der Waals surface area contributed by atoms with Gasteiger partial charge in [-0.2, -0.15) is 0 Å². The predicted octanol–water partition coefficient (Wildman–Crippen LogP) is 5.04. The summed E-state index contributed by atoms with van der Waals surface area (Å²) in [5.41, 5.74) is 9.17. The van der Waals surface area contributed by atoms with Crippen molar-refractivity contribution in [1.82, 2.24) is 0 Å². The second-order valence-corrected chi connectivity index (χ2v) is 6.70. The number of anilines is 2. The van der Waals surface area contributed by atoms with Crippen molar-refractivity contribution in [2.24, 2.45) is 5.73 Å². The summed E-state index contributed by atoms with van der Waals surface area (Å²) in [6, 6.07) is 18.8. The van der Waals surface area contributed by atoms with Gasteiger partial charge in [0.1, 0.15) is 23.4 Å². The summed E-state index contributed by atoms with van der Waals surface area (Å²) < 4.78 is 24.6. The van der Waals surface area contributed by atoms with Gasteiger partial charge in [-0.1, -0.05) is 12.1 Å². The zero-order chi connectivity index (χ0) is 20.8. The van der Waals surface area contributed by atoms with Gasteiger partial charge in [0, 0.05) is 29.2 Å². The zero-order valence-electron chi connectivity index (χ0n) is 16.4. The van der Waals surface area contributed by atoms with Crippen LogP contribution in [0.4, 0.5) is 15.8 Å². The van der Waals surface area contributed by atoms with Crippen LogP contribution in [-0.4, -0.2) is 19.4 Å². The first-order valence-corrected chi connectivity index (χ1v) is 9.23. The predicted molar refractivity (Wildman–Crippen MR) is 114 cm³/mol. The van der Waals surface area contributed by atoms with E-state index in [4.69, 9.17) is 20.6 Å². The summed E-state index contributed by atoms with van der Waals surface area (Å²) in [6.45, 7) is 1.88. The maximum atomic E-state index is 13.1. The molecule has 0 saturated heterocycles. The van der Waals surface area contributed by atoms with E-state index in [-0.39, 0.29) is 18.0 Å². The largest absolute Gasteiger partial charge is 0.497 e. The number of ether oxygens (including phenoxy) is 2. The Hall–Kier alpha value is -3.38. The molecule has 2 atom stereocenters. The van der Waals surface area contributed by atoms with Gasteiger partial charge in [-0.25, -0.2) is 4.39 Å². The van der Waals surface area contributed by atoms with Crippen LogP contribution in [0.3, 0.4) is 0 Å². The molecule has 0 aliphatic carbocycles. The number of nitrogens with one attached hydrogen (secondary N) is 2.